The van der Waals surface area contributed by atoms with Gasteiger partial charge >= 0.3 is 5.97 Å². The second kappa shape index (κ2) is 8.26. The maximum atomic E-state index is 12.8. The number of quaternary nitrogens is 1. The van der Waals surface area contributed by atoms with E-state index in [-0.39, 0.29) is 17.9 Å². The van der Waals surface area contributed by atoms with Crippen LogP contribution < -0.4 is 10.2 Å². The second-order valence-electron chi connectivity index (χ2n) is 6.49. The molecule has 1 aliphatic heterocycles. The largest absolute Gasteiger partial charge is 0.464 e. The van der Waals surface area contributed by atoms with Crippen molar-refractivity contribution in [1.29, 1.82) is 0 Å². The van der Waals surface area contributed by atoms with Crippen LogP contribution in [0.3, 0.4) is 0 Å². The van der Waals surface area contributed by atoms with Crippen molar-refractivity contribution < 1.29 is 28.7 Å². The van der Waals surface area contributed by atoms with Crippen LogP contribution in [0, 0.1) is 0 Å². The Kier molecular flexibility index (Phi) is 6.01. The van der Waals surface area contributed by atoms with E-state index in [1.165, 1.54) is 7.11 Å². The smallest absolute Gasteiger partial charge is 0.356 e. The van der Waals surface area contributed by atoms with E-state index >= 15 is 0 Å². The van der Waals surface area contributed by atoms with E-state index in [1.54, 1.807) is 25.1 Å². The highest BCUT2D eigenvalue weighted by Crippen LogP contribution is 2.30. The number of aromatic amines is 1. The molecule has 0 saturated carbocycles. The highest BCUT2D eigenvalue weighted by atomic mass is 35.5. The molecule has 1 amide bonds. The molecule has 3 N–H and O–H groups in total. The summed E-state index contributed by atoms with van der Waals surface area (Å²) in [6.07, 6.45) is -0.308. The quantitative estimate of drug-likeness (QED) is 0.628. The van der Waals surface area contributed by atoms with Gasteiger partial charge < -0.3 is 29.4 Å². The van der Waals surface area contributed by atoms with Gasteiger partial charge in [0.2, 0.25) is 6.29 Å². The van der Waals surface area contributed by atoms with Crippen LogP contribution in [-0.2, 0) is 19.0 Å². The Balaban J connectivity index is 1.82. The summed E-state index contributed by atoms with van der Waals surface area (Å²) in [5, 5.41) is 3.99. The minimum absolute atomic E-state index is 0.176. The molecule has 3 rings (SSSR count). The first-order chi connectivity index (χ1) is 12.9. The van der Waals surface area contributed by atoms with E-state index < -0.39 is 12.0 Å². The van der Waals surface area contributed by atoms with Crippen LogP contribution in [0.25, 0.3) is 10.9 Å². The van der Waals surface area contributed by atoms with Crippen molar-refractivity contribution in [3.05, 3.63) is 28.9 Å². The molecule has 1 aromatic carbocycles. The molecule has 0 bridgehead atoms. The van der Waals surface area contributed by atoms with Gasteiger partial charge in [-0.25, -0.2) is 4.79 Å². The molecule has 27 heavy (non-hydrogen) atoms. The highest BCUT2D eigenvalue weighted by Gasteiger charge is 2.29. The fourth-order valence-corrected chi connectivity index (χ4v) is 3.14. The van der Waals surface area contributed by atoms with Crippen molar-refractivity contribution in [2.45, 2.75) is 19.3 Å². The van der Waals surface area contributed by atoms with Gasteiger partial charge in [-0.2, -0.15) is 0 Å². The molecule has 1 unspecified atom stereocenters. The number of halogens is 1. The van der Waals surface area contributed by atoms with Crippen molar-refractivity contribution in [3.8, 4) is 0 Å². The lowest BCUT2D eigenvalue weighted by Gasteiger charge is -2.23. The van der Waals surface area contributed by atoms with E-state index in [9.17, 15) is 9.59 Å². The van der Waals surface area contributed by atoms with Crippen molar-refractivity contribution >= 4 is 40.1 Å². The summed E-state index contributed by atoms with van der Waals surface area (Å²) in [6, 6.07) is 4.74. The maximum absolute atomic E-state index is 12.8. The lowest BCUT2D eigenvalue weighted by molar-refractivity contribution is -0.899. The minimum atomic E-state index is -0.571. The predicted molar refractivity (Wildman–Crippen MR) is 100 cm³/mol. The molecular formula is C18H23ClN3O5+. The average molecular weight is 397 g/mol. The van der Waals surface area contributed by atoms with Gasteiger partial charge in [-0.05, 0) is 25.1 Å². The number of H-pyrrole nitrogens is 1. The Morgan fingerprint density at radius 1 is 1.41 bits per heavy atom. The normalized spacial score (nSPS) is 17.0. The van der Waals surface area contributed by atoms with Gasteiger partial charge in [0, 0.05) is 15.9 Å². The molecule has 1 aromatic heterocycles. The summed E-state index contributed by atoms with van der Waals surface area (Å²) in [5.41, 5.74) is 1.21. The molecule has 1 fully saturated rings. The van der Waals surface area contributed by atoms with E-state index in [0.717, 1.165) is 4.90 Å². The van der Waals surface area contributed by atoms with Gasteiger partial charge in [0.15, 0.2) is 6.04 Å². The number of rotatable bonds is 6. The topological polar surface area (TPSA) is 94.1 Å². The zero-order chi connectivity index (χ0) is 19.6. The number of methoxy groups -OCH3 is 1. The Morgan fingerprint density at radius 2 is 2.11 bits per heavy atom. The Hall–Kier alpha value is -2.13. The Bertz CT molecular complexity index is 847. The van der Waals surface area contributed by atoms with Crippen LogP contribution in [-0.4, -0.2) is 63.1 Å². The van der Waals surface area contributed by atoms with E-state index in [1.807, 2.05) is 7.05 Å². The molecule has 0 aliphatic carbocycles. The number of carbonyl (C=O) groups is 2. The van der Waals surface area contributed by atoms with E-state index in [0.29, 0.717) is 41.4 Å². The van der Waals surface area contributed by atoms with Gasteiger partial charge in [0.1, 0.15) is 12.2 Å². The Labute approximate surface area is 161 Å². The Morgan fingerprint density at radius 3 is 2.78 bits per heavy atom. The van der Waals surface area contributed by atoms with Gasteiger partial charge in [-0.1, -0.05) is 11.6 Å². The molecule has 0 spiro atoms. The lowest BCUT2D eigenvalue weighted by atomic mass is 10.2. The number of fused-ring (bicyclic) bond motifs is 1. The fraction of sp³-hybridized carbons (Fsp3) is 0.444. The summed E-state index contributed by atoms with van der Waals surface area (Å²) in [4.78, 5) is 28.8. The fourth-order valence-electron chi connectivity index (χ4n) is 2.97. The molecule has 0 radical (unpaired) electrons. The average Bonchev–Trinajstić information content (AvgIpc) is 3.28. The standard InChI is InChI=1S/C18H22ClN3O5/c1-10(22(2)9-14-26-6-7-27-14)17(23)21-15-12-8-11(19)4-5-13(12)20-16(15)18(24)25-3/h4-5,8,10,14,20H,6-7,9H2,1-3H3,(H,21,23)/p+1/t10-/m1/s1. The number of likely N-dealkylation sites (N-methyl/N-ethyl adjacent to an activating group) is 1. The van der Waals surface area contributed by atoms with Gasteiger partial charge in [0.05, 0.1) is 33.1 Å². The van der Waals surface area contributed by atoms with Gasteiger partial charge in [0.25, 0.3) is 5.91 Å². The van der Waals surface area contributed by atoms with Crippen molar-refractivity contribution in [2.75, 3.05) is 39.2 Å². The van der Waals surface area contributed by atoms with Crippen molar-refractivity contribution in [3.63, 3.8) is 0 Å². The number of nitrogens with one attached hydrogen (secondary N) is 3. The number of aromatic nitrogens is 1. The zero-order valence-electron chi connectivity index (χ0n) is 15.4. The third-order valence-electron chi connectivity index (χ3n) is 4.71. The molecule has 2 aromatic rings. The van der Waals surface area contributed by atoms with Gasteiger partial charge in [-0.3, -0.25) is 4.79 Å². The number of benzene rings is 1. The van der Waals surface area contributed by atoms with E-state index in [2.05, 4.69) is 10.3 Å². The summed E-state index contributed by atoms with van der Waals surface area (Å²) in [7, 11) is 3.18. The summed E-state index contributed by atoms with van der Waals surface area (Å²) in [5.74, 6) is -0.810. The van der Waals surface area contributed by atoms with Crippen LogP contribution >= 0.6 is 11.6 Å². The number of hydrogen-bond donors (Lipinski definition) is 3. The summed E-state index contributed by atoms with van der Waals surface area (Å²) < 4.78 is 15.7. The first kappa shape index (κ1) is 19.6. The molecule has 9 heteroatoms. The number of esters is 1. The molecule has 2 heterocycles. The van der Waals surface area contributed by atoms with Crippen LogP contribution in [0.4, 0.5) is 5.69 Å². The second-order valence-corrected chi connectivity index (χ2v) is 6.93. The number of anilines is 1. The molecule has 8 nitrogen and oxygen atoms in total. The first-order valence-electron chi connectivity index (χ1n) is 8.66. The minimum Gasteiger partial charge on any atom is -0.464 e. The molecule has 2 atom stereocenters. The maximum Gasteiger partial charge on any atom is 0.356 e. The third-order valence-corrected chi connectivity index (χ3v) is 4.95. The highest BCUT2D eigenvalue weighted by molar-refractivity contribution is 6.31. The monoisotopic (exact) mass is 396 g/mol. The van der Waals surface area contributed by atoms with Gasteiger partial charge in [-0.15, -0.1) is 0 Å². The number of carbonyl (C=O) groups excluding carboxylic acids is 2. The van der Waals surface area contributed by atoms with Crippen LogP contribution in [0.15, 0.2) is 18.2 Å². The first-order valence-corrected chi connectivity index (χ1v) is 9.04. The third kappa shape index (κ3) is 4.24. The molecular weight excluding hydrogens is 374 g/mol. The SMILES string of the molecule is COC(=O)c1[nH]c2ccc(Cl)cc2c1NC(=O)[C@@H](C)[NH+](C)CC1OCCO1. The summed E-state index contributed by atoms with van der Waals surface area (Å²) in [6.45, 7) is 3.48. The summed E-state index contributed by atoms with van der Waals surface area (Å²) >= 11 is 6.08. The van der Waals surface area contributed by atoms with E-state index in [4.69, 9.17) is 25.8 Å². The molecule has 1 aliphatic rings. The van der Waals surface area contributed by atoms with Crippen molar-refractivity contribution in [2.24, 2.45) is 0 Å². The molecule has 1 saturated heterocycles. The lowest BCUT2D eigenvalue weighted by Crippen LogP contribution is -3.15. The zero-order valence-corrected chi connectivity index (χ0v) is 16.2. The predicted octanol–water partition coefficient (Wildman–Crippen LogP) is 0.823. The molecule has 146 valence electrons. The van der Waals surface area contributed by atoms with Crippen LogP contribution in [0.2, 0.25) is 5.02 Å². The van der Waals surface area contributed by atoms with Crippen molar-refractivity contribution in [1.82, 2.24) is 4.98 Å². The number of hydrogen-bond acceptors (Lipinski definition) is 5. The number of amides is 1. The van der Waals surface area contributed by atoms with Crippen LogP contribution in [0.5, 0.6) is 0 Å². The van der Waals surface area contributed by atoms with Crippen LogP contribution in [0.1, 0.15) is 17.4 Å². The number of ether oxygens (including phenoxy) is 3.